The average Bonchev–Trinajstić information content (AvgIpc) is 3.74. The second-order valence-electron chi connectivity index (χ2n) is 10.4. The molecule has 5 heterocycles. The number of hydrogen-bond donors (Lipinski definition) is 3. The fourth-order valence-corrected chi connectivity index (χ4v) is 5.54. The minimum absolute atomic E-state index is 0.0841. The Morgan fingerprint density at radius 2 is 1.85 bits per heavy atom. The Morgan fingerprint density at radius 3 is 2.62 bits per heavy atom. The predicted molar refractivity (Wildman–Crippen MR) is 147 cm³/mol. The van der Waals surface area contributed by atoms with Gasteiger partial charge in [0.1, 0.15) is 6.54 Å². The average molecular weight is 543 g/mol. The molecule has 3 N–H and O–H groups in total. The molecule has 206 valence electrons. The number of rotatable bonds is 8. The van der Waals surface area contributed by atoms with E-state index in [-0.39, 0.29) is 24.3 Å². The van der Waals surface area contributed by atoms with Crippen molar-refractivity contribution in [1.29, 1.82) is 0 Å². The molecule has 1 saturated heterocycles. The van der Waals surface area contributed by atoms with E-state index in [1.54, 1.807) is 55.5 Å². The maximum Gasteiger partial charge on any atom is 0.259 e. The first-order chi connectivity index (χ1) is 19.4. The third-order valence-corrected chi connectivity index (χ3v) is 7.65. The zero-order chi connectivity index (χ0) is 27.8. The van der Waals surface area contributed by atoms with Gasteiger partial charge in [-0.05, 0) is 38.2 Å². The van der Waals surface area contributed by atoms with Crippen LogP contribution in [0.15, 0.2) is 43.2 Å². The highest BCUT2D eigenvalue weighted by Gasteiger charge is 2.38. The number of carbonyl (C=O) groups excluding carboxylic acids is 3. The molecular formula is C27H30N10O3. The molecule has 13 heteroatoms. The van der Waals surface area contributed by atoms with Crippen molar-refractivity contribution in [3.05, 3.63) is 54.5 Å². The molecule has 0 unspecified atom stereocenters. The van der Waals surface area contributed by atoms with Crippen molar-refractivity contribution >= 4 is 34.6 Å². The van der Waals surface area contributed by atoms with Gasteiger partial charge in [0, 0.05) is 31.4 Å². The summed E-state index contributed by atoms with van der Waals surface area (Å²) in [6.45, 7) is 3.24. The van der Waals surface area contributed by atoms with Gasteiger partial charge in [0.05, 0.1) is 71.4 Å². The van der Waals surface area contributed by atoms with Gasteiger partial charge in [-0.3, -0.25) is 33.9 Å². The van der Waals surface area contributed by atoms with Crippen LogP contribution in [0.5, 0.6) is 0 Å². The van der Waals surface area contributed by atoms with Gasteiger partial charge < -0.3 is 16.0 Å². The Bertz CT molecular complexity index is 1610. The second-order valence-corrected chi connectivity index (χ2v) is 10.4. The fourth-order valence-electron chi connectivity index (χ4n) is 5.54. The van der Waals surface area contributed by atoms with E-state index in [1.807, 2.05) is 0 Å². The highest BCUT2D eigenvalue weighted by atomic mass is 16.2. The first-order valence-electron chi connectivity index (χ1n) is 13.2. The molecule has 2 aliphatic rings. The van der Waals surface area contributed by atoms with Gasteiger partial charge in [-0.25, -0.2) is 4.52 Å². The monoisotopic (exact) mass is 542 g/mol. The number of carbonyl (C=O) groups is 3. The molecule has 4 aromatic rings. The van der Waals surface area contributed by atoms with Crippen LogP contribution in [-0.4, -0.2) is 78.2 Å². The van der Waals surface area contributed by atoms with Crippen LogP contribution >= 0.6 is 0 Å². The van der Waals surface area contributed by atoms with Gasteiger partial charge in [-0.15, -0.1) is 0 Å². The van der Waals surface area contributed by atoms with Crippen molar-refractivity contribution in [2.45, 2.75) is 38.8 Å². The summed E-state index contributed by atoms with van der Waals surface area (Å²) in [7, 11) is 1.57. The summed E-state index contributed by atoms with van der Waals surface area (Å²) in [6, 6.07) is 2.23. The minimum atomic E-state index is -0.371. The zero-order valence-corrected chi connectivity index (χ0v) is 22.3. The molecule has 0 spiro atoms. The standard InChI is InChI=1S/C27H30N10O3/c1-16-22(6-19(8-29-16)33-26(39)14-35-11-17-3-4-20(35)5-17)34-27(40)21-9-32-37-13-23(30-10-24(21)37)18-7-31-36(12-18)15-25(38)28-2/h6-10,12-13,17,20H,3-5,11,14-15H2,1-2H3,(H,28,38)(H,33,39)(H,34,40)/t17-,20+/m1/s1. The molecule has 2 fully saturated rings. The van der Waals surface area contributed by atoms with Crippen molar-refractivity contribution in [3.63, 3.8) is 0 Å². The fraction of sp³-hybridized carbons (Fsp3) is 0.370. The quantitative estimate of drug-likeness (QED) is 0.304. The number of aromatic nitrogens is 6. The summed E-state index contributed by atoms with van der Waals surface area (Å²) in [4.78, 5) is 48.6. The smallest absolute Gasteiger partial charge is 0.259 e. The van der Waals surface area contributed by atoms with E-state index in [9.17, 15) is 14.4 Å². The van der Waals surface area contributed by atoms with Crippen LogP contribution in [0.2, 0.25) is 0 Å². The number of anilines is 2. The highest BCUT2D eigenvalue weighted by molar-refractivity contribution is 6.09. The lowest BCUT2D eigenvalue weighted by molar-refractivity contribution is -0.121. The molecule has 2 atom stereocenters. The predicted octanol–water partition coefficient (Wildman–Crippen LogP) is 1.72. The summed E-state index contributed by atoms with van der Waals surface area (Å²) >= 11 is 0. The van der Waals surface area contributed by atoms with Crippen LogP contribution < -0.4 is 16.0 Å². The number of nitrogens with one attached hydrogen (secondary N) is 3. The molecule has 3 amide bonds. The topological polar surface area (TPSA) is 151 Å². The lowest BCUT2D eigenvalue weighted by atomic mass is 10.1. The van der Waals surface area contributed by atoms with E-state index in [0.29, 0.717) is 52.0 Å². The third kappa shape index (κ3) is 5.15. The molecule has 1 aliphatic carbocycles. The SMILES string of the molecule is CNC(=O)Cn1cc(-c2cn3ncc(C(=O)Nc4cc(NC(=O)CN5C[C@@H]6CC[C@H]5C6)cnc4C)c3cn2)cn1. The molecule has 1 saturated carbocycles. The Hall–Kier alpha value is -4.65. The van der Waals surface area contributed by atoms with E-state index in [4.69, 9.17) is 0 Å². The van der Waals surface area contributed by atoms with Gasteiger partial charge in [0.15, 0.2) is 0 Å². The molecule has 4 aromatic heterocycles. The number of pyridine rings is 1. The Kier molecular flexibility index (Phi) is 6.72. The van der Waals surface area contributed by atoms with Gasteiger partial charge in [-0.2, -0.15) is 10.2 Å². The number of hydrogen-bond acceptors (Lipinski definition) is 8. The van der Waals surface area contributed by atoms with E-state index < -0.39 is 0 Å². The lowest BCUT2D eigenvalue weighted by Gasteiger charge is -2.25. The van der Waals surface area contributed by atoms with Crippen LogP contribution in [0, 0.1) is 12.8 Å². The zero-order valence-electron chi connectivity index (χ0n) is 22.3. The largest absolute Gasteiger partial charge is 0.358 e. The molecule has 6 rings (SSSR count). The third-order valence-electron chi connectivity index (χ3n) is 7.65. The summed E-state index contributed by atoms with van der Waals surface area (Å²) in [5.41, 5.74) is 3.81. The van der Waals surface area contributed by atoms with Gasteiger partial charge in [0.25, 0.3) is 5.91 Å². The highest BCUT2D eigenvalue weighted by Crippen LogP contribution is 2.37. The van der Waals surface area contributed by atoms with E-state index in [1.165, 1.54) is 30.1 Å². The summed E-state index contributed by atoms with van der Waals surface area (Å²) in [6.07, 6.45) is 13.3. The lowest BCUT2D eigenvalue weighted by Crippen LogP contribution is -2.38. The Morgan fingerprint density at radius 1 is 0.975 bits per heavy atom. The number of fused-ring (bicyclic) bond motifs is 3. The molecule has 40 heavy (non-hydrogen) atoms. The van der Waals surface area contributed by atoms with Gasteiger partial charge in [-0.1, -0.05) is 0 Å². The molecule has 2 bridgehead atoms. The number of likely N-dealkylation sites (tertiary alicyclic amines) is 1. The maximum atomic E-state index is 13.2. The number of amides is 3. The Balaban J connectivity index is 1.13. The number of likely N-dealkylation sites (N-methyl/N-ethyl adjacent to an activating group) is 1. The molecule has 1 aliphatic heterocycles. The molecular weight excluding hydrogens is 512 g/mol. The van der Waals surface area contributed by atoms with Crippen molar-refractivity contribution in [3.8, 4) is 11.3 Å². The van der Waals surface area contributed by atoms with Crippen molar-refractivity contribution in [1.82, 2.24) is 39.6 Å². The molecule has 0 radical (unpaired) electrons. The van der Waals surface area contributed by atoms with Crippen molar-refractivity contribution in [2.75, 3.05) is 30.8 Å². The van der Waals surface area contributed by atoms with Crippen LogP contribution in [-0.2, 0) is 16.1 Å². The first-order valence-corrected chi connectivity index (χ1v) is 13.2. The van der Waals surface area contributed by atoms with Crippen LogP contribution in [0.1, 0.15) is 35.3 Å². The summed E-state index contributed by atoms with van der Waals surface area (Å²) < 4.78 is 3.09. The maximum absolute atomic E-state index is 13.2. The molecule has 0 aromatic carbocycles. The minimum Gasteiger partial charge on any atom is -0.358 e. The number of piperidine rings is 1. The van der Waals surface area contributed by atoms with Gasteiger partial charge in [0.2, 0.25) is 11.8 Å². The van der Waals surface area contributed by atoms with Crippen molar-refractivity contribution in [2.24, 2.45) is 5.92 Å². The van der Waals surface area contributed by atoms with Gasteiger partial charge >= 0.3 is 0 Å². The second kappa shape index (κ2) is 10.5. The van der Waals surface area contributed by atoms with E-state index in [0.717, 1.165) is 12.5 Å². The Labute approximate surface area is 230 Å². The van der Waals surface area contributed by atoms with Crippen molar-refractivity contribution < 1.29 is 14.4 Å². The van der Waals surface area contributed by atoms with Crippen LogP contribution in [0.25, 0.3) is 16.8 Å². The number of aryl methyl sites for hydroxylation is 1. The molecule has 13 nitrogen and oxygen atoms in total. The number of nitrogens with zero attached hydrogens (tertiary/aromatic N) is 7. The van der Waals surface area contributed by atoms with Crippen LogP contribution in [0.4, 0.5) is 11.4 Å². The van der Waals surface area contributed by atoms with E-state index in [2.05, 4.69) is 41.0 Å². The summed E-state index contributed by atoms with van der Waals surface area (Å²) in [5.74, 6) is 0.109. The normalized spacial score (nSPS) is 18.2. The van der Waals surface area contributed by atoms with E-state index >= 15 is 0 Å². The van der Waals surface area contributed by atoms with Crippen LogP contribution in [0.3, 0.4) is 0 Å². The first kappa shape index (κ1) is 25.6. The summed E-state index contributed by atoms with van der Waals surface area (Å²) in [5, 5.41) is 16.9.